The molecule has 5 rings (SSSR count). The summed E-state index contributed by atoms with van der Waals surface area (Å²) in [5.74, 6) is 0.422. The first-order valence-corrected chi connectivity index (χ1v) is 14.0. The maximum atomic E-state index is 12.0. The van der Waals surface area contributed by atoms with E-state index in [0.717, 1.165) is 74.1 Å². The largest absolute Gasteiger partial charge is 0.487 e. The predicted octanol–water partition coefficient (Wildman–Crippen LogP) is 6.91. The zero-order valence-corrected chi connectivity index (χ0v) is 24.3. The summed E-state index contributed by atoms with van der Waals surface area (Å²) in [4.78, 5) is 28.6. The lowest BCUT2D eigenvalue weighted by molar-refractivity contribution is -0.136. The molecule has 0 spiro atoms. The minimum Gasteiger partial charge on any atom is -0.487 e. The summed E-state index contributed by atoms with van der Waals surface area (Å²) >= 11 is 7.87. The highest BCUT2D eigenvalue weighted by molar-refractivity contribution is 7.22. The van der Waals surface area contributed by atoms with Crippen LogP contribution in [0.1, 0.15) is 44.1 Å². The second-order valence-electron chi connectivity index (χ2n) is 10.8. The summed E-state index contributed by atoms with van der Waals surface area (Å²) in [7, 11) is 2.10. The molecular formula is C30H31ClN4O3S. The number of halogens is 1. The van der Waals surface area contributed by atoms with Gasteiger partial charge in [-0.15, -0.1) is 11.3 Å². The summed E-state index contributed by atoms with van der Waals surface area (Å²) in [6, 6.07) is 9.32. The summed E-state index contributed by atoms with van der Waals surface area (Å²) in [6.07, 6.45) is 4.73. The molecule has 202 valence electrons. The summed E-state index contributed by atoms with van der Waals surface area (Å²) in [5.41, 5.74) is 5.36. The van der Waals surface area contributed by atoms with Gasteiger partial charge in [0.1, 0.15) is 22.1 Å². The van der Waals surface area contributed by atoms with Crippen LogP contribution in [0.5, 0.6) is 5.75 Å². The van der Waals surface area contributed by atoms with Crippen molar-refractivity contribution < 1.29 is 14.6 Å². The average molecular weight is 563 g/mol. The first-order chi connectivity index (χ1) is 18.5. The lowest BCUT2D eigenvalue weighted by atomic mass is 9.92. The van der Waals surface area contributed by atoms with E-state index in [4.69, 9.17) is 26.3 Å². The van der Waals surface area contributed by atoms with Crippen LogP contribution in [-0.4, -0.2) is 56.7 Å². The van der Waals surface area contributed by atoms with Crippen molar-refractivity contribution in [2.24, 2.45) is 0 Å². The van der Waals surface area contributed by atoms with Gasteiger partial charge >= 0.3 is 5.97 Å². The molecule has 0 unspecified atom stereocenters. The Labute approximate surface area is 237 Å². The van der Waals surface area contributed by atoms with Crippen molar-refractivity contribution in [3.63, 3.8) is 0 Å². The van der Waals surface area contributed by atoms with Gasteiger partial charge < -0.3 is 14.7 Å². The number of carbonyl (C=O) groups is 1. The van der Waals surface area contributed by atoms with Gasteiger partial charge in [-0.3, -0.25) is 4.79 Å². The quantitative estimate of drug-likeness (QED) is 0.273. The Morgan fingerprint density at radius 2 is 2.00 bits per heavy atom. The van der Waals surface area contributed by atoms with Gasteiger partial charge in [0.2, 0.25) is 0 Å². The van der Waals surface area contributed by atoms with Gasteiger partial charge in [-0.05, 0) is 88.2 Å². The van der Waals surface area contributed by atoms with E-state index in [0.29, 0.717) is 10.8 Å². The first-order valence-electron chi connectivity index (χ1n) is 12.8. The molecule has 0 radical (unpaired) electrons. The Kier molecular flexibility index (Phi) is 7.46. The minimum atomic E-state index is -0.900. The Morgan fingerprint density at radius 1 is 1.21 bits per heavy atom. The molecule has 0 amide bonds. The number of fused-ring (bicyclic) bond motifs is 1. The van der Waals surface area contributed by atoms with E-state index in [1.54, 1.807) is 18.3 Å². The van der Waals surface area contributed by atoms with Crippen LogP contribution in [0.4, 0.5) is 0 Å². The normalized spacial score (nSPS) is 14.5. The predicted molar refractivity (Wildman–Crippen MR) is 158 cm³/mol. The molecular weight excluding hydrogens is 532 g/mol. The number of rotatable bonds is 6. The minimum absolute atomic E-state index is 0.123. The molecule has 0 atom stereocenters. The van der Waals surface area contributed by atoms with Crippen LogP contribution in [0, 0.1) is 6.92 Å². The number of hydrogen-bond donors (Lipinski definition) is 1. The monoisotopic (exact) mass is 562 g/mol. The number of carboxylic acids is 1. The molecule has 0 bridgehead atoms. The number of thiazole rings is 1. The van der Waals surface area contributed by atoms with Crippen molar-refractivity contribution in [1.29, 1.82) is 0 Å². The second-order valence-corrected chi connectivity index (χ2v) is 12.3. The first kappa shape index (κ1) is 27.2. The molecule has 2 aromatic heterocycles. The molecule has 1 aliphatic rings. The van der Waals surface area contributed by atoms with Crippen LogP contribution in [0.3, 0.4) is 0 Å². The molecule has 1 N–H and O–H groups in total. The molecule has 39 heavy (non-hydrogen) atoms. The molecule has 0 fully saturated rings. The van der Waals surface area contributed by atoms with Gasteiger partial charge in [0, 0.05) is 35.4 Å². The van der Waals surface area contributed by atoms with E-state index in [1.165, 1.54) is 11.3 Å². The van der Waals surface area contributed by atoms with E-state index in [1.807, 2.05) is 45.9 Å². The smallest absolute Gasteiger partial charge is 0.307 e. The molecule has 7 nitrogen and oxygen atoms in total. The van der Waals surface area contributed by atoms with Gasteiger partial charge in [-0.25, -0.2) is 15.0 Å². The zero-order chi connectivity index (χ0) is 27.9. The number of benzene rings is 2. The summed E-state index contributed by atoms with van der Waals surface area (Å²) in [5, 5.41) is 11.1. The molecule has 2 aromatic carbocycles. The van der Waals surface area contributed by atoms with Crippen LogP contribution in [0.25, 0.3) is 37.6 Å². The van der Waals surface area contributed by atoms with Crippen molar-refractivity contribution in [3.05, 3.63) is 64.6 Å². The number of likely N-dealkylation sites (N-methyl/N-ethyl adjacent to an activating group) is 1. The number of ether oxygens (including phenoxy) is 1. The SMILES string of the molecule is Cc1cc2nc(-c3ccnc(C4=CCN(C)CC4)n3)sc2c(-c2ccc(Cl)cc2OC(C)(C)C)c1CC(=O)O. The van der Waals surface area contributed by atoms with Crippen molar-refractivity contribution in [2.75, 3.05) is 20.1 Å². The standard InChI is InChI=1S/C30H31ClN4O3S/c1-17-14-23-27(39-29(34-23)22-8-11-32-28(33-22)18-9-12-35(5)13-10-18)26(21(17)16-25(36)37)20-7-6-19(31)15-24(20)38-30(2,3)4/h6-9,11,14-15H,10,12-13,16H2,1-5H3,(H,36,37). The van der Waals surface area contributed by atoms with Crippen LogP contribution in [0.15, 0.2) is 42.6 Å². The lowest BCUT2D eigenvalue weighted by Crippen LogP contribution is -2.24. The van der Waals surface area contributed by atoms with Crippen LogP contribution in [0.2, 0.25) is 5.02 Å². The number of aliphatic carboxylic acids is 1. The number of hydrogen-bond acceptors (Lipinski definition) is 7. The van der Waals surface area contributed by atoms with Crippen molar-refractivity contribution in [2.45, 2.75) is 46.1 Å². The summed E-state index contributed by atoms with van der Waals surface area (Å²) < 4.78 is 7.20. The van der Waals surface area contributed by atoms with Crippen LogP contribution >= 0.6 is 22.9 Å². The molecule has 4 aromatic rings. The van der Waals surface area contributed by atoms with Gasteiger partial charge in [0.25, 0.3) is 0 Å². The Hall–Kier alpha value is -3.33. The number of aromatic nitrogens is 3. The fourth-order valence-corrected chi connectivity index (χ4v) is 5.99. The van der Waals surface area contributed by atoms with Crippen LogP contribution < -0.4 is 4.74 Å². The topological polar surface area (TPSA) is 88.4 Å². The Morgan fingerprint density at radius 3 is 2.69 bits per heavy atom. The fraction of sp³-hybridized carbons (Fsp3) is 0.333. The molecule has 0 saturated carbocycles. The van der Waals surface area contributed by atoms with E-state index < -0.39 is 11.6 Å². The Bertz CT molecular complexity index is 1610. The summed E-state index contributed by atoms with van der Waals surface area (Å²) in [6.45, 7) is 9.68. The van der Waals surface area contributed by atoms with Gasteiger partial charge in [0.15, 0.2) is 5.82 Å². The third-order valence-corrected chi connectivity index (χ3v) is 7.89. The third-order valence-electron chi connectivity index (χ3n) is 6.54. The number of aryl methyl sites for hydroxylation is 1. The Balaban J connectivity index is 1.70. The van der Waals surface area contributed by atoms with E-state index >= 15 is 0 Å². The maximum absolute atomic E-state index is 12.0. The molecule has 9 heteroatoms. The molecule has 3 heterocycles. The van der Waals surface area contributed by atoms with E-state index in [-0.39, 0.29) is 6.42 Å². The van der Waals surface area contributed by atoms with Crippen molar-refractivity contribution in [1.82, 2.24) is 19.9 Å². The molecule has 1 aliphatic heterocycles. The molecule has 0 saturated heterocycles. The highest BCUT2D eigenvalue weighted by Crippen LogP contribution is 2.45. The fourth-order valence-electron chi connectivity index (χ4n) is 4.73. The molecule has 0 aliphatic carbocycles. The third kappa shape index (κ3) is 5.98. The van der Waals surface area contributed by atoms with Crippen molar-refractivity contribution in [3.8, 4) is 27.6 Å². The number of nitrogens with zero attached hydrogens (tertiary/aromatic N) is 4. The van der Waals surface area contributed by atoms with Gasteiger partial charge in [0.05, 0.1) is 16.6 Å². The second kappa shape index (κ2) is 10.7. The van der Waals surface area contributed by atoms with Gasteiger partial charge in [-0.2, -0.15) is 0 Å². The lowest BCUT2D eigenvalue weighted by Gasteiger charge is -2.24. The van der Waals surface area contributed by atoms with E-state index in [9.17, 15) is 9.90 Å². The van der Waals surface area contributed by atoms with Crippen molar-refractivity contribution >= 4 is 44.7 Å². The maximum Gasteiger partial charge on any atom is 0.307 e. The van der Waals surface area contributed by atoms with Gasteiger partial charge in [-0.1, -0.05) is 17.7 Å². The van der Waals surface area contributed by atoms with Crippen LogP contribution in [-0.2, 0) is 11.2 Å². The number of carboxylic acid groups (broad SMARTS) is 1. The highest BCUT2D eigenvalue weighted by atomic mass is 35.5. The zero-order valence-electron chi connectivity index (χ0n) is 22.7. The highest BCUT2D eigenvalue weighted by Gasteiger charge is 2.24. The van der Waals surface area contributed by atoms with E-state index in [2.05, 4.69) is 23.0 Å². The average Bonchev–Trinajstić information content (AvgIpc) is 3.28.